The summed E-state index contributed by atoms with van der Waals surface area (Å²) in [6.07, 6.45) is 0. The molecule has 2 aromatic rings. The summed E-state index contributed by atoms with van der Waals surface area (Å²) in [6.45, 7) is 7.68. The maximum absolute atomic E-state index is 12.2. The number of ether oxygens (including phenoxy) is 2. The van der Waals surface area contributed by atoms with Crippen LogP contribution in [-0.4, -0.2) is 58.4 Å². The lowest BCUT2D eigenvalue weighted by molar-refractivity contribution is 0.0343. The second kappa shape index (κ2) is 6.82. The summed E-state index contributed by atoms with van der Waals surface area (Å²) < 4.78 is 12.0. The molecule has 0 saturated carbocycles. The topological polar surface area (TPSA) is 69.0 Å². The zero-order valence-corrected chi connectivity index (χ0v) is 14.0. The van der Waals surface area contributed by atoms with Gasteiger partial charge in [-0.05, 0) is 19.9 Å². The van der Waals surface area contributed by atoms with E-state index in [0.29, 0.717) is 35.3 Å². The van der Waals surface area contributed by atoms with E-state index in [9.17, 15) is 4.79 Å². The van der Waals surface area contributed by atoms with Crippen LogP contribution < -0.4 is 0 Å². The van der Waals surface area contributed by atoms with Crippen molar-refractivity contribution in [3.05, 3.63) is 28.2 Å². The van der Waals surface area contributed by atoms with Crippen LogP contribution in [-0.2, 0) is 16.0 Å². The Kier molecular flexibility index (Phi) is 4.79. The Morgan fingerprint density at radius 1 is 1.43 bits per heavy atom. The summed E-state index contributed by atoms with van der Waals surface area (Å²) in [6, 6.07) is 1.80. The van der Waals surface area contributed by atoms with E-state index in [2.05, 4.69) is 15.0 Å². The van der Waals surface area contributed by atoms with Gasteiger partial charge in [-0.1, -0.05) is 11.6 Å². The third-order valence-electron chi connectivity index (χ3n) is 3.77. The van der Waals surface area contributed by atoms with Crippen molar-refractivity contribution in [3.8, 4) is 0 Å². The minimum absolute atomic E-state index is 0.298. The Morgan fingerprint density at radius 2 is 2.17 bits per heavy atom. The molecule has 0 unspecified atom stereocenters. The predicted octanol–water partition coefficient (Wildman–Crippen LogP) is 1.70. The number of nitrogens with zero attached hydrogens (tertiary/aromatic N) is 4. The quantitative estimate of drug-likeness (QED) is 0.790. The number of imidazole rings is 1. The second-order valence-electron chi connectivity index (χ2n) is 5.38. The molecule has 1 saturated heterocycles. The number of carbonyl (C=O) groups excluding carboxylic acids is 1. The van der Waals surface area contributed by atoms with Crippen molar-refractivity contribution >= 4 is 23.2 Å². The van der Waals surface area contributed by atoms with E-state index < -0.39 is 5.97 Å². The smallest absolute Gasteiger partial charge is 0.358 e. The van der Waals surface area contributed by atoms with Crippen molar-refractivity contribution in [2.45, 2.75) is 20.4 Å². The largest absolute Gasteiger partial charge is 0.461 e. The number of aryl methyl sites for hydroxylation is 1. The third kappa shape index (κ3) is 3.31. The van der Waals surface area contributed by atoms with Gasteiger partial charge in [0.1, 0.15) is 0 Å². The van der Waals surface area contributed by atoms with Crippen molar-refractivity contribution < 1.29 is 14.3 Å². The first-order chi connectivity index (χ1) is 11.1. The number of halogens is 1. The Labute approximate surface area is 139 Å². The highest BCUT2D eigenvalue weighted by atomic mass is 35.5. The highest BCUT2D eigenvalue weighted by Gasteiger charge is 2.22. The Bertz CT molecular complexity index is 725. The van der Waals surface area contributed by atoms with Gasteiger partial charge in [-0.2, -0.15) is 5.10 Å². The van der Waals surface area contributed by atoms with Gasteiger partial charge in [0.15, 0.2) is 16.5 Å². The molecule has 0 aliphatic carbocycles. The van der Waals surface area contributed by atoms with E-state index in [4.69, 9.17) is 21.1 Å². The van der Waals surface area contributed by atoms with Gasteiger partial charge in [-0.3, -0.25) is 4.90 Å². The predicted molar refractivity (Wildman–Crippen MR) is 84.8 cm³/mol. The SMILES string of the molecule is CCOC(=O)c1c(C)nc2c(CN3CCOCC3)cc(Cl)nn12. The van der Waals surface area contributed by atoms with Gasteiger partial charge in [0, 0.05) is 25.2 Å². The lowest BCUT2D eigenvalue weighted by Gasteiger charge is -2.26. The number of aromatic nitrogens is 3. The first-order valence-electron chi connectivity index (χ1n) is 7.62. The van der Waals surface area contributed by atoms with Crippen LogP contribution in [0.25, 0.3) is 5.65 Å². The minimum atomic E-state index is -0.440. The molecule has 0 atom stereocenters. The second-order valence-corrected chi connectivity index (χ2v) is 5.77. The van der Waals surface area contributed by atoms with Crippen molar-refractivity contribution in [2.75, 3.05) is 32.9 Å². The number of hydrogen-bond acceptors (Lipinski definition) is 6. The zero-order chi connectivity index (χ0) is 16.4. The Hall–Kier alpha value is -1.70. The summed E-state index contributed by atoms with van der Waals surface area (Å²) in [5, 5.41) is 4.55. The highest BCUT2D eigenvalue weighted by Crippen LogP contribution is 2.20. The number of fused-ring (bicyclic) bond motifs is 1. The summed E-state index contributed by atoms with van der Waals surface area (Å²) in [5.74, 6) is -0.440. The van der Waals surface area contributed by atoms with Crippen LogP contribution in [0.1, 0.15) is 28.7 Å². The average Bonchev–Trinajstić information content (AvgIpc) is 2.85. The van der Waals surface area contributed by atoms with Crippen molar-refractivity contribution in [2.24, 2.45) is 0 Å². The van der Waals surface area contributed by atoms with Crippen molar-refractivity contribution in [1.29, 1.82) is 0 Å². The van der Waals surface area contributed by atoms with Crippen molar-refractivity contribution in [3.63, 3.8) is 0 Å². The summed E-state index contributed by atoms with van der Waals surface area (Å²) in [7, 11) is 0. The molecule has 0 radical (unpaired) electrons. The number of carbonyl (C=O) groups is 1. The molecule has 124 valence electrons. The molecule has 1 aliphatic rings. The number of esters is 1. The van der Waals surface area contributed by atoms with E-state index >= 15 is 0 Å². The van der Waals surface area contributed by atoms with Gasteiger partial charge in [-0.15, -0.1) is 0 Å². The third-order valence-corrected chi connectivity index (χ3v) is 3.96. The normalized spacial score (nSPS) is 16.0. The van der Waals surface area contributed by atoms with Crippen LogP contribution in [0.2, 0.25) is 5.15 Å². The molecule has 0 amide bonds. The molecule has 7 nitrogen and oxygen atoms in total. The fourth-order valence-electron chi connectivity index (χ4n) is 2.71. The lowest BCUT2D eigenvalue weighted by Crippen LogP contribution is -2.35. The molecular formula is C15H19ClN4O3. The standard InChI is InChI=1S/C15H19ClN4O3/c1-3-23-15(21)13-10(2)17-14-11(8-12(16)18-20(13)14)9-19-4-6-22-7-5-19/h8H,3-7,9H2,1-2H3. The number of rotatable bonds is 4. The van der Waals surface area contributed by atoms with E-state index in [1.54, 1.807) is 19.9 Å². The van der Waals surface area contributed by atoms with Crippen LogP contribution in [0, 0.1) is 6.92 Å². The van der Waals surface area contributed by atoms with Crippen LogP contribution in [0.3, 0.4) is 0 Å². The first-order valence-corrected chi connectivity index (χ1v) is 8.00. The van der Waals surface area contributed by atoms with Crippen LogP contribution in [0.15, 0.2) is 6.07 Å². The molecule has 0 bridgehead atoms. The molecule has 1 aliphatic heterocycles. The van der Waals surface area contributed by atoms with Crippen molar-refractivity contribution in [1.82, 2.24) is 19.5 Å². The lowest BCUT2D eigenvalue weighted by atomic mass is 10.2. The van der Waals surface area contributed by atoms with Crippen LogP contribution in [0.5, 0.6) is 0 Å². The maximum atomic E-state index is 12.2. The number of morpholine rings is 1. The molecule has 3 rings (SSSR count). The van der Waals surface area contributed by atoms with Gasteiger partial charge < -0.3 is 9.47 Å². The van der Waals surface area contributed by atoms with E-state index in [1.165, 1.54) is 4.52 Å². The monoisotopic (exact) mass is 338 g/mol. The molecule has 0 aromatic carbocycles. The van der Waals surface area contributed by atoms with Gasteiger partial charge in [-0.25, -0.2) is 14.3 Å². The summed E-state index contributed by atoms with van der Waals surface area (Å²) in [4.78, 5) is 18.9. The summed E-state index contributed by atoms with van der Waals surface area (Å²) >= 11 is 6.15. The molecule has 3 heterocycles. The van der Waals surface area contributed by atoms with Crippen LogP contribution >= 0.6 is 11.6 Å². The molecule has 0 spiro atoms. The first kappa shape index (κ1) is 16.2. The van der Waals surface area contributed by atoms with E-state index in [-0.39, 0.29) is 0 Å². The fraction of sp³-hybridized carbons (Fsp3) is 0.533. The maximum Gasteiger partial charge on any atom is 0.358 e. The van der Waals surface area contributed by atoms with Gasteiger partial charge >= 0.3 is 5.97 Å². The Balaban J connectivity index is 2.01. The van der Waals surface area contributed by atoms with Gasteiger partial charge in [0.2, 0.25) is 0 Å². The zero-order valence-electron chi connectivity index (χ0n) is 13.2. The summed E-state index contributed by atoms with van der Waals surface area (Å²) in [5.41, 5.74) is 2.49. The molecule has 0 N–H and O–H groups in total. The minimum Gasteiger partial charge on any atom is -0.461 e. The molecule has 23 heavy (non-hydrogen) atoms. The fourth-order valence-corrected chi connectivity index (χ4v) is 2.91. The molecule has 2 aromatic heterocycles. The number of hydrogen-bond donors (Lipinski definition) is 0. The average molecular weight is 339 g/mol. The van der Waals surface area contributed by atoms with Crippen LogP contribution in [0.4, 0.5) is 0 Å². The highest BCUT2D eigenvalue weighted by molar-refractivity contribution is 6.29. The molecular weight excluding hydrogens is 320 g/mol. The van der Waals surface area contributed by atoms with Gasteiger partial charge in [0.25, 0.3) is 0 Å². The molecule has 1 fully saturated rings. The van der Waals surface area contributed by atoms with E-state index in [0.717, 1.165) is 31.9 Å². The van der Waals surface area contributed by atoms with E-state index in [1.807, 2.05) is 0 Å². The molecule has 8 heteroatoms. The van der Waals surface area contributed by atoms with Gasteiger partial charge in [0.05, 0.1) is 25.5 Å². The Morgan fingerprint density at radius 3 is 2.87 bits per heavy atom.